The molecule has 0 aromatic carbocycles. The van der Waals surface area contributed by atoms with Crippen LogP contribution in [-0.4, -0.2) is 31.1 Å². The molecule has 0 N–H and O–H groups in total. The van der Waals surface area contributed by atoms with Crippen LogP contribution in [-0.2, 0) is 19.0 Å². The van der Waals surface area contributed by atoms with Gasteiger partial charge in [0.1, 0.15) is 6.10 Å². The minimum absolute atomic E-state index is 0.0570. The molecular weight excluding hydrogens is 316 g/mol. The topological polar surface area (TPSA) is 44.8 Å². The van der Waals surface area contributed by atoms with Gasteiger partial charge in [-0.2, -0.15) is 0 Å². The highest BCUT2D eigenvalue weighted by molar-refractivity contribution is 5.81. The Morgan fingerprint density at radius 3 is 2.60 bits per heavy atom. The molecule has 1 aliphatic heterocycles. The molecule has 4 nitrogen and oxygen atoms in total. The summed E-state index contributed by atoms with van der Waals surface area (Å²) in [5, 5.41) is 0. The first-order valence-corrected chi connectivity index (χ1v) is 9.61. The Kier molecular flexibility index (Phi) is 6.22. The Hall–Kier alpha value is -1.05. The quantitative estimate of drug-likeness (QED) is 0.510. The fourth-order valence-corrected chi connectivity index (χ4v) is 4.05. The highest BCUT2D eigenvalue weighted by Crippen LogP contribution is 2.66. The average molecular weight is 350 g/mol. The van der Waals surface area contributed by atoms with Crippen LogP contribution in [0.4, 0.5) is 0 Å². The third kappa shape index (κ3) is 4.20. The molecule has 0 bridgehead atoms. The maximum absolute atomic E-state index is 12.2. The van der Waals surface area contributed by atoms with Crippen molar-refractivity contribution in [3.8, 4) is 12.3 Å². The summed E-state index contributed by atoms with van der Waals surface area (Å²) in [6.07, 6.45) is 8.89. The van der Waals surface area contributed by atoms with Gasteiger partial charge in [-0.25, -0.2) is 0 Å². The second-order valence-corrected chi connectivity index (χ2v) is 8.52. The van der Waals surface area contributed by atoms with Gasteiger partial charge in [0.05, 0.1) is 18.1 Å². The zero-order valence-corrected chi connectivity index (χ0v) is 16.6. The van der Waals surface area contributed by atoms with E-state index in [1.54, 1.807) is 0 Å². The maximum Gasteiger partial charge on any atom is 0.312 e. The van der Waals surface area contributed by atoms with Gasteiger partial charge in [0.25, 0.3) is 0 Å². The molecule has 1 saturated carbocycles. The smallest absolute Gasteiger partial charge is 0.312 e. The van der Waals surface area contributed by atoms with Crippen LogP contribution < -0.4 is 0 Å². The molecule has 1 aliphatic carbocycles. The van der Waals surface area contributed by atoms with Crippen LogP contribution in [0.25, 0.3) is 0 Å². The third-order valence-electron chi connectivity index (χ3n) is 6.48. The van der Waals surface area contributed by atoms with E-state index in [0.717, 1.165) is 25.7 Å². The van der Waals surface area contributed by atoms with Crippen molar-refractivity contribution in [3.05, 3.63) is 0 Å². The fourth-order valence-electron chi connectivity index (χ4n) is 4.05. The van der Waals surface area contributed by atoms with Crippen molar-refractivity contribution in [1.29, 1.82) is 0 Å². The Labute approximate surface area is 153 Å². The highest BCUT2D eigenvalue weighted by Gasteiger charge is 2.66. The summed E-state index contributed by atoms with van der Waals surface area (Å²) in [5.41, 5.74) is -0.445. The van der Waals surface area contributed by atoms with Crippen LogP contribution >= 0.6 is 0 Å². The number of rotatable bonds is 7. The third-order valence-corrected chi connectivity index (χ3v) is 6.48. The van der Waals surface area contributed by atoms with E-state index in [4.69, 9.17) is 20.6 Å². The second-order valence-electron chi connectivity index (χ2n) is 8.52. The minimum atomic E-state index is -0.388. The monoisotopic (exact) mass is 350 g/mol. The number of ether oxygens (including phenoxy) is 3. The van der Waals surface area contributed by atoms with E-state index in [-0.39, 0.29) is 35.3 Å². The lowest BCUT2D eigenvalue weighted by Crippen LogP contribution is -2.41. The molecule has 0 radical (unpaired) electrons. The summed E-state index contributed by atoms with van der Waals surface area (Å²) < 4.78 is 17.3. The Morgan fingerprint density at radius 2 is 2.00 bits per heavy atom. The molecule has 25 heavy (non-hydrogen) atoms. The number of carbonyl (C=O) groups excluding carboxylic acids is 1. The highest BCUT2D eigenvalue weighted by atomic mass is 16.7. The van der Waals surface area contributed by atoms with Crippen LogP contribution in [0.5, 0.6) is 0 Å². The van der Waals surface area contributed by atoms with Crippen molar-refractivity contribution in [2.45, 2.75) is 85.7 Å². The maximum atomic E-state index is 12.2. The molecule has 142 valence electrons. The molecule has 0 spiro atoms. The predicted octanol–water partition coefficient (Wildman–Crippen LogP) is 4.17. The summed E-state index contributed by atoms with van der Waals surface area (Å²) >= 11 is 0. The number of hydrogen-bond donors (Lipinski definition) is 0. The first kappa shape index (κ1) is 20.3. The first-order chi connectivity index (χ1) is 11.7. The molecule has 1 saturated heterocycles. The van der Waals surface area contributed by atoms with E-state index < -0.39 is 0 Å². The number of terminal acetylenes is 1. The van der Waals surface area contributed by atoms with Gasteiger partial charge in [0, 0.05) is 5.92 Å². The van der Waals surface area contributed by atoms with Crippen molar-refractivity contribution in [1.82, 2.24) is 0 Å². The Bertz CT molecular complexity index is 524. The van der Waals surface area contributed by atoms with Gasteiger partial charge in [-0.15, -0.1) is 6.42 Å². The van der Waals surface area contributed by atoms with Gasteiger partial charge in [-0.1, -0.05) is 26.7 Å². The molecule has 2 fully saturated rings. The number of esters is 1. The van der Waals surface area contributed by atoms with Crippen molar-refractivity contribution < 1.29 is 19.0 Å². The van der Waals surface area contributed by atoms with Crippen LogP contribution in [0.2, 0.25) is 0 Å². The van der Waals surface area contributed by atoms with Gasteiger partial charge in [-0.3, -0.25) is 4.79 Å². The normalized spacial score (nSPS) is 41.6. The Morgan fingerprint density at radius 1 is 1.32 bits per heavy atom. The van der Waals surface area contributed by atoms with Gasteiger partial charge in [0.15, 0.2) is 6.29 Å². The molecule has 2 rings (SSSR count). The zero-order chi connectivity index (χ0) is 18.8. The van der Waals surface area contributed by atoms with Crippen LogP contribution in [0.15, 0.2) is 0 Å². The molecule has 4 heteroatoms. The standard InChI is InChI=1S/C21H34O4/c1-8-17(25-18-15(4)12-14(3)16(5)24-18)10-11-20(6)13-21(20,7)19(22)23-9-2/h1,14-18H,9-13H2,2-7H3/t14-,15-,16+,17-,18+,20-,21-/m1/s1. The van der Waals surface area contributed by atoms with E-state index in [9.17, 15) is 4.79 Å². The van der Waals surface area contributed by atoms with Crippen molar-refractivity contribution in [2.24, 2.45) is 22.7 Å². The van der Waals surface area contributed by atoms with Crippen LogP contribution in [0, 0.1) is 35.0 Å². The molecule has 1 heterocycles. The molecule has 0 aromatic rings. The first-order valence-electron chi connectivity index (χ1n) is 9.61. The fraction of sp³-hybridized carbons (Fsp3) is 0.857. The van der Waals surface area contributed by atoms with Crippen molar-refractivity contribution in [3.63, 3.8) is 0 Å². The lowest BCUT2D eigenvalue weighted by atomic mass is 9.89. The lowest BCUT2D eigenvalue weighted by molar-refractivity contribution is -0.238. The van der Waals surface area contributed by atoms with E-state index in [2.05, 4.69) is 33.6 Å². The zero-order valence-electron chi connectivity index (χ0n) is 16.6. The molecule has 0 amide bonds. The molecule has 0 aromatic heterocycles. The molecular formula is C21H34O4. The van der Waals surface area contributed by atoms with E-state index >= 15 is 0 Å². The second kappa shape index (κ2) is 7.68. The predicted molar refractivity (Wildman–Crippen MR) is 97.7 cm³/mol. The van der Waals surface area contributed by atoms with Gasteiger partial charge in [0.2, 0.25) is 0 Å². The van der Waals surface area contributed by atoms with Gasteiger partial charge in [-0.05, 0) is 57.8 Å². The average Bonchev–Trinajstić information content (AvgIpc) is 3.12. The van der Waals surface area contributed by atoms with Gasteiger partial charge < -0.3 is 14.2 Å². The Balaban J connectivity index is 1.87. The van der Waals surface area contributed by atoms with Gasteiger partial charge >= 0.3 is 5.97 Å². The van der Waals surface area contributed by atoms with Crippen molar-refractivity contribution >= 4 is 5.97 Å². The summed E-state index contributed by atoms with van der Waals surface area (Å²) in [4.78, 5) is 12.2. The van der Waals surface area contributed by atoms with Crippen LogP contribution in [0.3, 0.4) is 0 Å². The largest absolute Gasteiger partial charge is 0.466 e. The molecule has 0 unspecified atom stereocenters. The summed E-state index contributed by atoms with van der Waals surface area (Å²) in [5.74, 6) is 3.54. The SMILES string of the molecule is C#C[C@H](CC[C@]1(C)C[C@]1(C)C(=O)OCC)O[C@@H]1O[C@@H](C)[C@H](C)C[C@H]1C. The minimum Gasteiger partial charge on any atom is -0.466 e. The molecule has 2 aliphatic rings. The number of hydrogen-bond acceptors (Lipinski definition) is 4. The van der Waals surface area contributed by atoms with Crippen LogP contribution in [0.1, 0.15) is 67.2 Å². The summed E-state index contributed by atoms with van der Waals surface area (Å²) in [7, 11) is 0. The summed E-state index contributed by atoms with van der Waals surface area (Å²) in [6.45, 7) is 12.9. The molecule has 7 atom stereocenters. The van der Waals surface area contributed by atoms with E-state index in [0.29, 0.717) is 18.4 Å². The summed E-state index contributed by atoms with van der Waals surface area (Å²) in [6, 6.07) is 0. The van der Waals surface area contributed by atoms with E-state index in [1.165, 1.54) is 0 Å². The van der Waals surface area contributed by atoms with E-state index in [1.807, 2.05) is 13.8 Å². The number of carbonyl (C=O) groups is 1. The lowest BCUT2D eigenvalue weighted by Gasteiger charge is -2.38. The van der Waals surface area contributed by atoms with Crippen molar-refractivity contribution in [2.75, 3.05) is 6.61 Å².